The smallest absolute Gasteiger partial charge is 0.304 e. The molecule has 0 aliphatic carbocycles. The van der Waals surface area contributed by atoms with E-state index in [0.29, 0.717) is 6.54 Å². The normalized spacial score (nSPS) is 10.4. The first kappa shape index (κ1) is 13.2. The Morgan fingerprint density at radius 3 is 2.06 bits per heavy atom. The molecular weight excluding hydrogens is 222 g/mol. The molecule has 0 saturated heterocycles. The minimum absolute atomic E-state index is 0.195. The van der Waals surface area contributed by atoms with Gasteiger partial charge in [-0.05, 0) is 5.56 Å². The largest absolute Gasteiger partial charge is 0.481 e. The molecule has 0 atom stereocenters. The highest BCUT2D eigenvalue weighted by atomic mass is 16.4. The van der Waals surface area contributed by atoms with Crippen LogP contribution >= 0.6 is 0 Å². The number of carbonyl (C=O) groups is 2. The summed E-state index contributed by atoms with van der Waals surface area (Å²) < 4.78 is 0. The average Bonchev–Trinajstić information content (AvgIpc) is 2.26. The van der Waals surface area contributed by atoms with E-state index in [-0.39, 0.29) is 12.8 Å². The molecule has 0 saturated carbocycles. The Labute approximate surface area is 99.1 Å². The standard InChI is InChI=1S/C12H15NO4/c14-11(15)6-10(7-12(16)17)13-8-9-4-2-1-3-5-9/h1-5,10,13H,6-8H2,(H,14,15)(H,16,17). The highest BCUT2D eigenvalue weighted by Gasteiger charge is 2.16. The zero-order valence-corrected chi connectivity index (χ0v) is 9.30. The maximum absolute atomic E-state index is 10.6. The predicted octanol–water partition coefficient (Wildman–Crippen LogP) is 1.09. The first-order valence-electron chi connectivity index (χ1n) is 5.29. The predicted molar refractivity (Wildman–Crippen MR) is 61.6 cm³/mol. The van der Waals surface area contributed by atoms with E-state index < -0.39 is 18.0 Å². The molecule has 17 heavy (non-hydrogen) atoms. The van der Waals surface area contributed by atoms with E-state index in [4.69, 9.17) is 10.2 Å². The van der Waals surface area contributed by atoms with E-state index in [9.17, 15) is 9.59 Å². The lowest BCUT2D eigenvalue weighted by atomic mass is 10.1. The van der Waals surface area contributed by atoms with Crippen molar-refractivity contribution in [2.75, 3.05) is 0 Å². The minimum Gasteiger partial charge on any atom is -0.481 e. The zero-order chi connectivity index (χ0) is 12.7. The maximum atomic E-state index is 10.6. The summed E-state index contributed by atoms with van der Waals surface area (Å²) in [6.45, 7) is 0.464. The van der Waals surface area contributed by atoms with Crippen molar-refractivity contribution in [3.8, 4) is 0 Å². The molecule has 0 heterocycles. The Balaban J connectivity index is 2.48. The lowest BCUT2D eigenvalue weighted by molar-refractivity contribution is -0.139. The summed E-state index contributed by atoms with van der Waals surface area (Å²) >= 11 is 0. The number of carboxylic acids is 2. The van der Waals surface area contributed by atoms with E-state index in [1.807, 2.05) is 30.3 Å². The molecule has 1 aromatic rings. The fourth-order valence-electron chi connectivity index (χ4n) is 1.50. The Kier molecular flexibility index (Phi) is 5.16. The third-order valence-corrected chi connectivity index (χ3v) is 2.28. The van der Waals surface area contributed by atoms with E-state index in [1.54, 1.807) is 0 Å². The quantitative estimate of drug-likeness (QED) is 0.661. The molecule has 0 aromatic heterocycles. The zero-order valence-electron chi connectivity index (χ0n) is 9.30. The van der Waals surface area contributed by atoms with Crippen molar-refractivity contribution in [1.29, 1.82) is 0 Å². The van der Waals surface area contributed by atoms with Gasteiger partial charge in [-0.15, -0.1) is 0 Å². The SMILES string of the molecule is O=C(O)CC(CC(=O)O)NCc1ccccc1. The van der Waals surface area contributed by atoms with E-state index in [1.165, 1.54) is 0 Å². The average molecular weight is 237 g/mol. The summed E-state index contributed by atoms with van der Waals surface area (Å²) in [5, 5.41) is 20.3. The Morgan fingerprint density at radius 2 is 1.59 bits per heavy atom. The molecule has 0 unspecified atom stereocenters. The van der Waals surface area contributed by atoms with Gasteiger partial charge in [0.25, 0.3) is 0 Å². The third-order valence-electron chi connectivity index (χ3n) is 2.28. The van der Waals surface area contributed by atoms with Gasteiger partial charge in [-0.2, -0.15) is 0 Å². The highest BCUT2D eigenvalue weighted by molar-refractivity contribution is 5.71. The second kappa shape index (κ2) is 6.65. The lowest BCUT2D eigenvalue weighted by Crippen LogP contribution is -2.33. The van der Waals surface area contributed by atoms with Gasteiger partial charge in [0.2, 0.25) is 0 Å². The molecule has 0 bridgehead atoms. The fraction of sp³-hybridized carbons (Fsp3) is 0.333. The monoisotopic (exact) mass is 237 g/mol. The van der Waals surface area contributed by atoms with Gasteiger partial charge < -0.3 is 15.5 Å². The highest BCUT2D eigenvalue weighted by Crippen LogP contribution is 2.03. The van der Waals surface area contributed by atoms with Crippen LogP contribution in [0.2, 0.25) is 0 Å². The van der Waals surface area contributed by atoms with Crippen molar-refractivity contribution >= 4 is 11.9 Å². The van der Waals surface area contributed by atoms with Gasteiger partial charge in [-0.25, -0.2) is 0 Å². The number of benzene rings is 1. The first-order valence-corrected chi connectivity index (χ1v) is 5.29. The molecule has 0 fully saturated rings. The van der Waals surface area contributed by atoms with E-state index in [0.717, 1.165) is 5.56 Å². The van der Waals surface area contributed by atoms with Crippen LogP contribution in [-0.2, 0) is 16.1 Å². The molecule has 1 rings (SSSR count). The lowest BCUT2D eigenvalue weighted by Gasteiger charge is -2.14. The number of hydrogen-bond donors (Lipinski definition) is 3. The Hall–Kier alpha value is -1.88. The molecule has 3 N–H and O–H groups in total. The third kappa shape index (κ3) is 5.67. The summed E-state index contributed by atoms with van der Waals surface area (Å²) in [6, 6.07) is 8.87. The van der Waals surface area contributed by atoms with Gasteiger partial charge in [-0.1, -0.05) is 30.3 Å². The van der Waals surface area contributed by atoms with Crippen LogP contribution in [0.4, 0.5) is 0 Å². The van der Waals surface area contributed by atoms with E-state index >= 15 is 0 Å². The molecule has 92 valence electrons. The fourth-order valence-corrected chi connectivity index (χ4v) is 1.50. The molecule has 0 aliphatic heterocycles. The molecule has 0 amide bonds. The second-order valence-corrected chi connectivity index (χ2v) is 3.76. The minimum atomic E-state index is -1.00. The van der Waals surface area contributed by atoms with Crippen LogP contribution in [0.15, 0.2) is 30.3 Å². The van der Waals surface area contributed by atoms with Gasteiger partial charge in [0, 0.05) is 12.6 Å². The van der Waals surface area contributed by atoms with Crippen LogP contribution in [-0.4, -0.2) is 28.2 Å². The summed E-state index contributed by atoms with van der Waals surface area (Å²) in [5.41, 5.74) is 0.994. The number of rotatable bonds is 7. The Bertz CT molecular complexity index is 361. The molecule has 5 nitrogen and oxygen atoms in total. The van der Waals surface area contributed by atoms with E-state index in [2.05, 4.69) is 5.32 Å². The van der Waals surface area contributed by atoms with Crippen molar-refractivity contribution in [2.45, 2.75) is 25.4 Å². The molecular formula is C12H15NO4. The van der Waals surface area contributed by atoms with Crippen LogP contribution in [0.1, 0.15) is 18.4 Å². The molecule has 0 spiro atoms. The molecule has 0 aliphatic rings. The van der Waals surface area contributed by atoms with Gasteiger partial charge >= 0.3 is 11.9 Å². The van der Waals surface area contributed by atoms with Gasteiger partial charge in [0.15, 0.2) is 0 Å². The van der Waals surface area contributed by atoms with Crippen LogP contribution in [0.25, 0.3) is 0 Å². The summed E-state index contributed by atoms with van der Waals surface area (Å²) in [4.78, 5) is 21.1. The van der Waals surface area contributed by atoms with Crippen LogP contribution in [0, 0.1) is 0 Å². The van der Waals surface area contributed by atoms with Crippen LogP contribution in [0.5, 0.6) is 0 Å². The number of carboxylic acid groups (broad SMARTS) is 2. The van der Waals surface area contributed by atoms with Crippen molar-refractivity contribution < 1.29 is 19.8 Å². The topological polar surface area (TPSA) is 86.6 Å². The molecule has 1 aromatic carbocycles. The molecule has 5 heteroatoms. The van der Waals surface area contributed by atoms with Crippen molar-refractivity contribution in [2.24, 2.45) is 0 Å². The van der Waals surface area contributed by atoms with Crippen molar-refractivity contribution in [3.63, 3.8) is 0 Å². The van der Waals surface area contributed by atoms with Crippen LogP contribution < -0.4 is 5.32 Å². The summed E-state index contributed by atoms with van der Waals surface area (Å²) in [5.74, 6) is -2.01. The number of nitrogens with one attached hydrogen (secondary N) is 1. The second-order valence-electron chi connectivity index (χ2n) is 3.76. The van der Waals surface area contributed by atoms with Gasteiger partial charge in [-0.3, -0.25) is 9.59 Å². The molecule has 0 radical (unpaired) electrons. The van der Waals surface area contributed by atoms with Gasteiger partial charge in [0.1, 0.15) is 0 Å². The Morgan fingerprint density at radius 1 is 1.06 bits per heavy atom. The number of aliphatic carboxylic acids is 2. The summed E-state index contributed by atoms with van der Waals surface area (Å²) in [6.07, 6.45) is -0.391. The van der Waals surface area contributed by atoms with Gasteiger partial charge in [0.05, 0.1) is 12.8 Å². The maximum Gasteiger partial charge on any atom is 0.304 e. The van der Waals surface area contributed by atoms with Crippen LogP contribution in [0.3, 0.4) is 0 Å². The summed E-state index contributed by atoms with van der Waals surface area (Å²) in [7, 11) is 0. The van der Waals surface area contributed by atoms with Crippen molar-refractivity contribution in [1.82, 2.24) is 5.32 Å². The number of hydrogen-bond acceptors (Lipinski definition) is 3. The van der Waals surface area contributed by atoms with Crippen molar-refractivity contribution in [3.05, 3.63) is 35.9 Å². The first-order chi connectivity index (χ1) is 8.08.